The molecule has 5 aromatic rings. The molecule has 0 aliphatic carbocycles. The van der Waals surface area contributed by atoms with E-state index in [4.69, 9.17) is 0 Å². The van der Waals surface area contributed by atoms with Gasteiger partial charge in [0.25, 0.3) is 5.56 Å². The Kier molecular flexibility index (Phi) is 4.51. The summed E-state index contributed by atoms with van der Waals surface area (Å²) in [4.78, 5) is 35.0. The zero-order valence-electron chi connectivity index (χ0n) is 17.3. The summed E-state index contributed by atoms with van der Waals surface area (Å²) >= 11 is 0. The molecular weight excluding hydrogens is 414 g/mol. The van der Waals surface area contributed by atoms with Gasteiger partial charge in [0, 0.05) is 41.3 Å². The number of rotatable bonds is 4. The van der Waals surface area contributed by atoms with Crippen molar-refractivity contribution < 1.29 is 13.6 Å². The fourth-order valence-electron chi connectivity index (χ4n) is 4.19. The van der Waals surface area contributed by atoms with Gasteiger partial charge in [-0.15, -0.1) is 0 Å². The quantitative estimate of drug-likeness (QED) is 0.404. The van der Waals surface area contributed by atoms with Crippen LogP contribution in [0, 0.1) is 18.6 Å². The van der Waals surface area contributed by atoms with Crippen molar-refractivity contribution in [1.29, 1.82) is 0 Å². The molecule has 6 nitrogen and oxygen atoms in total. The van der Waals surface area contributed by atoms with Gasteiger partial charge >= 0.3 is 0 Å². The first-order chi connectivity index (χ1) is 15.3. The number of hydrogen-bond acceptors (Lipinski definition) is 3. The van der Waals surface area contributed by atoms with Gasteiger partial charge in [-0.25, -0.2) is 13.8 Å². The lowest BCUT2D eigenvalue weighted by atomic mass is 10.0. The second-order valence-electron chi connectivity index (χ2n) is 7.76. The van der Waals surface area contributed by atoms with E-state index >= 15 is 0 Å². The largest absolute Gasteiger partial charge is 0.345 e. The summed E-state index contributed by atoms with van der Waals surface area (Å²) in [6.45, 7) is 2.97. The van der Waals surface area contributed by atoms with Crippen LogP contribution in [-0.4, -0.2) is 25.3 Å². The van der Waals surface area contributed by atoms with Gasteiger partial charge in [-0.1, -0.05) is 0 Å². The molecule has 3 heterocycles. The van der Waals surface area contributed by atoms with E-state index in [1.54, 1.807) is 35.8 Å². The van der Waals surface area contributed by atoms with Crippen molar-refractivity contribution in [3.63, 3.8) is 0 Å². The van der Waals surface area contributed by atoms with Gasteiger partial charge in [-0.3, -0.25) is 9.59 Å². The van der Waals surface area contributed by atoms with Crippen molar-refractivity contribution in [2.75, 3.05) is 0 Å². The third-order valence-corrected chi connectivity index (χ3v) is 5.68. The molecule has 0 saturated heterocycles. The van der Waals surface area contributed by atoms with Crippen LogP contribution in [0.1, 0.15) is 28.5 Å². The highest BCUT2D eigenvalue weighted by Crippen LogP contribution is 2.36. The Bertz CT molecular complexity index is 1590. The molecule has 0 spiro atoms. The van der Waals surface area contributed by atoms with Crippen LogP contribution < -0.4 is 5.56 Å². The van der Waals surface area contributed by atoms with Gasteiger partial charge in [0.15, 0.2) is 5.78 Å². The number of nitrogens with zero attached hydrogens (tertiary/aromatic N) is 2. The number of ketones is 1. The molecule has 0 fully saturated rings. The second-order valence-corrected chi connectivity index (χ2v) is 7.76. The lowest BCUT2D eigenvalue weighted by Gasteiger charge is -2.11. The van der Waals surface area contributed by atoms with E-state index in [0.29, 0.717) is 38.6 Å². The number of fused-ring (bicyclic) bond motifs is 2. The summed E-state index contributed by atoms with van der Waals surface area (Å²) in [7, 11) is 0. The van der Waals surface area contributed by atoms with Gasteiger partial charge in [-0.2, -0.15) is 0 Å². The molecule has 160 valence electrons. The number of aromatic nitrogens is 4. The minimum atomic E-state index is -0.493. The number of aryl methyl sites for hydroxylation is 1. The van der Waals surface area contributed by atoms with Crippen LogP contribution in [0.25, 0.3) is 33.1 Å². The predicted molar refractivity (Wildman–Crippen MR) is 118 cm³/mol. The third-order valence-electron chi connectivity index (χ3n) is 5.68. The summed E-state index contributed by atoms with van der Waals surface area (Å²) in [6, 6.07) is 9.14. The zero-order valence-corrected chi connectivity index (χ0v) is 17.3. The molecule has 5 rings (SSSR count). The average molecular weight is 432 g/mol. The fourth-order valence-corrected chi connectivity index (χ4v) is 4.19. The number of Topliss-reactive ketones (excluding diaryl/α,β-unsaturated/α-hetero) is 1. The molecule has 0 radical (unpaired) electrons. The highest BCUT2D eigenvalue weighted by atomic mass is 19.1. The van der Waals surface area contributed by atoms with Gasteiger partial charge in [0.1, 0.15) is 11.6 Å². The number of aromatic amines is 2. The fraction of sp³-hybridized carbons (Fsp3) is 0.125. The van der Waals surface area contributed by atoms with Crippen molar-refractivity contribution >= 4 is 27.7 Å². The highest BCUT2D eigenvalue weighted by molar-refractivity contribution is 6.10. The number of carbonyl (C=O) groups excluding carboxylic acids is 1. The number of benzene rings is 2. The molecule has 8 heteroatoms. The first-order valence-corrected chi connectivity index (χ1v) is 9.98. The Hall–Kier alpha value is -4.07. The third kappa shape index (κ3) is 3.03. The van der Waals surface area contributed by atoms with E-state index in [1.165, 1.54) is 31.6 Å². The monoisotopic (exact) mass is 432 g/mol. The number of nitrogens with one attached hydrogen (secondary N) is 2. The molecular formula is C24H18F2N4O2. The molecule has 0 amide bonds. The normalized spacial score (nSPS) is 11.5. The van der Waals surface area contributed by atoms with Crippen LogP contribution >= 0.6 is 0 Å². The standard InChI is InChI=1S/C24H18F2N4O2/c1-12-6-16-21(9-17(12)25)30(10-14-7-19-20(8-18(14)26)29-11-28-19)23(13(2)31)22(16)15-4-3-5-27-24(15)32/h3-9,11H,10H2,1-2H3,(H,27,32)(H,28,29). The summed E-state index contributed by atoms with van der Waals surface area (Å²) in [6.07, 6.45) is 2.97. The maximum Gasteiger partial charge on any atom is 0.255 e. The van der Waals surface area contributed by atoms with Crippen molar-refractivity contribution in [1.82, 2.24) is 19.5 Å². The minimum absolute atomic E-state index is 0.0283. The van der Waals surface area contributed by atoms with Crippen LogP contribution in [-0.2, 0) is 6.54 Å². The zero-order chi connectivity index (χ0) is 22.6. The van der Waals surface area contributed by atoms with Gasteiger partial charge in [0.2, 0.25) is 0 Å². The number of pyridine rings is 1. The van der Waals surface area contributed by atoms with Gasteiger partial charge < -0.3 is 14.5 Å². The highest BCUT2D eigenvalue weighted by Gasteiger charge is 2.25. The first kappa shape index (κ1) is 19.9. The molecule has 2 N–H and O–H groups in total. The summed E-state index contributed by atoms with van der Waals surface area (Å²) in [5, 5.41) is 0.550. The molecule has 0 aliphatic heterocycles. The minimum Gasteiger partial charge on any atom is -0.345 e. The molecule has 0 unspecified atom stereocenters. The van der Waals surface area contributed by atoms with Crippen molar-refractivity contribution in [3.05, 3.63) is 87.7 Å². The summed E-state index contributed by atoms with van der Waals surface area (Å²) in [5.74, 6) is -1.27. The van der Waals surface area contributed by atoms with Crippen LogP contribution in [0.4, 0.5) is 8.78 Å². The molecule has 0 atom stereocenters. The van der Waals surface area contributed by atoms with Crippen LogP contribution in [0.5, 0.6) is 0 Å². The number of H-pyrrole nitrogens is 2. The van der Waals surface area contributed by atoms with E-state index in [0.717, 1.165) is 0 Å². The summed E-state index contributed by atoms with van der Waals surface area (Å²) < 4.78 is 31.0. The van der Waals surface area contributed by atoms with Crippen molar-refractivity contribution in [3.8, 4) is 11.1 Å². The van der Waals surface area contributed by atoms with Crippen LogP contribution in [0.15, 0.2) is 53.7 Å². The summed E-state index contributed by atoms with van der Waals surface area (Å²) in [5.41, 5.74) is 2.74. The van der Waals surface area contributed by atoms with E-state index in [2.05, 4.69) is 15.0 Å². The molecule has 0 aliphatic rings. The van der Waals surface area contributed by atoms with Crippen LogP contribution in [0.3, 0.4) is 0 Å². The Labute approximate surface area is 180 Å². The van der Waals surface area contributed by atoms with Crippen LogP contribution in [0.2, 0.25) is 0 Å². The molecule has 0 bridgehead atoms. The lowest BCUT2D eigenvalue weighted by Crippen LogP contribution is -2.13. The van der Waals surface area contributed by atoms with Crippen molar-refractivity contribution in [2.45, 2.75) is 20.4 Å². The predicted octanol–water partition coefficient (Wildman–Crippen LogP) is 4.71. The topological polar surface area (TPSA) is 83.5 Å². The number of carbonyl (C=O) groups is 1. The average Bonchev–Trinajstić information content (AvgIpc) is 3.31. The number of imidazole rings is 1. The number of halogens is 2. The SMILES string of the molecule is CC(=O)c1c(-c2ccc[nH]c2=O)c2cc(C)c(F)cc2n1Cc1cc2[nH]cnc2cc1F. The van der Waals surface area contributed by atoms with E-state index in [-0.39, 0.29) is 29.1 Å². The Balaban J connectivity index is 1.85. The maximum atomic E-state index is 14.9. The van der Waals surface area contributed by atoms with Crippen molar-refractivity contribution in [2.24, 2.45) is 0 Å². The lowest BCUT2D eigenvalue weighted by molar-refractivity contribution is 0.101. The molecule has 0 saturated carbocycles. The first-order valence-electron chi connectivity index (χ1n) is 9.98. The maximum absolute atomic E-state index is 14.9. The molecule has 2 aromatic carbocycles. The number of hydrogen-bond donors (Lipinski definition) is 2. The Morgan fingerprint density at radius 3 is 2.69 bits per heavy atom. The van der Waals surface area contributed by atoms with E-state index in [9.17, 15) is 18.4 Å². The molecule has 3 aromatic heterocycles. The Morgan fingerprint density at radius 1 is 1.12 bits per heavy atom. The Morgan fingerprint density at radius 2 is 1.94 bits per heavy atom. The van der Waals surface area contributed by atoms with Gasteiger partial charge in [-0.05, 0) is 42.8 Å². The smallest absolute Gasteiger partial charge is 0.255 e. The van der Waals surface area contributed by atoms with E-state index < -0.39 is 11.6 Å². The van der Waals surface area contributed by atoms with Gasteiger partial charge in [0.05, 0.1) is 35.1 Å². The second kappa shape index (κ2) is 7.26. The van der Waals surface area contributed by atoms with E-state index in [1.807, 2.05) is 0 Å². The molecule has 32 heavy (non-hydrogen) atoms.